The van der Waals surface area contributed by atoms with Crippen molar-refractivity contribution in [3.8, 4) is 0 Å². The standard InChI is InChI=1S/C5H6.C5H5.4CH3.2Al/c2*1-2-4-5-3-1;;;;;;/h1-4H,5H2;1-3H,4H2;4*1H3;;/q;;;;;;;+1. The van der Waals surface area contributed by atoms with Gasteiger partial charge in [0.25, 0.3) is 14.1 Å². The summed E-state index contributed by atoms with van der Waals surface area (Å²) < 4.78 is 1.70. The summed E-state index contributed by atoms with van der Waals surface area (Å²) in [5, 5.41) is 0. The molecule has 2 aliphatic rings. The third-order valence-electron chi connectivity index (χ3n) is 2.20. The van der Waals surface area contributed by atoms with Crippen molar-refractivity contribution in [3.63, 3.8) is 0 Å². The van der Waals surface area contributed by atoms with Crippen molar-refractivity contribution >= 4 is 29.4 Å². The monoisotopic (exact) mass is 245 g/mol. The van der Waals surface area contributed by atoms with Crippen LogP contribution in [0.25, 0.3) is 0 Å². The first-order valence-corrected chi connectivity index (χ1v) is 11.3. The van der Waals surface area contributed by atoms with E-state index in [0.717, 1.165) is 21.6 Å². The van der Waals surface area contributed by atoms with E-state index in [-0.39, 0.29) is 0 Å². The van der Waals surface area contributed by atoms with Gasteiger partial charge in [-0.2, -0.15) is 0 Å². The maximum absolute atomic E-state index is 2.37. The fourth-order valence-electron chi connectivity index (χ4n) is 1.28. The predicted molar refractivity (Wildman–Crippen MR) is 79.7 cm³/mol. The average molecular weight is 245 g/mol. The van der Waals surface area contributed by atoms with Gasteiger partial charge in [-0.3, -0.25) is 0 Å². The quantitative estimate of drug-likeness (QED) is 0.598. The molecule has 0 aromatic heterocycles. The Balaban J connectivity index is 0.000000241. The van der Waals surface area contributed by atoms with Crippen molar-refractivity contribution in [2.75, 3.05) is 0 Å². The summed E-state index contributed by atoms with van der Waals surface area (Å²) in [6.45, 7) is 0. The smallest absolute Gasteiger partial charge is 0.128 e. The van der Waals surface area contributed by atoms with E-state index < -0.39 is 14.1 Å². The van der Waals surface area contributed by atoms with E-state index in [1.165, 1.54) is 6.42 Å². The average Bonchev–Trinajstić information content (AvgIpc) is 2.96. The Kier molecular flexibility index (Phi) is 11.5. The fourth-order valence-corrected chi connectivity index (χ4v) is 2.39. The van der Waals surface area contributed by atoms with E-state index in [4.69, 9.17) is 0 Å². The summed E-state index contributed by atoms with van der Waals surface area (Å²) in [4.78, 5) is 0. The van der Waals surface area contributed by atoms with Crippen LogP contribution in [0.3, 0.4) is 0 Å². The Hall–Kier alpha value is 0.0249. The molecule has 0 aromatic rings. The maximum Gasteiger partial charge on any atom is 0.293 e. The largest absolute Gasteiger partial charge is 0.293 e. The van der Waals surface area contributed by atoms with Gasteiger partial charge in [0.1, 0.15) is 0 Å². The van der Waals surface area contributed by atoms with Gasteiger partial charge in [-0.1, -0.05) is 42.5 Å². The van der Waals surface area contributed by atoms with Gasteiger partial charge >= 0.3 is 26.8 Å². The summed E-state index contributed by atoms with van der Waals surface area (Å²) in [7, 11) is 0. The molecule has 0 saturated carbocycles. The summed E-state index contributed by atoms with van der Waals surface area (Å²) in [6.07, 6.45) is 17.4. The summed E-state index contributed by atoms with van der Waals surface area (Å²) in [6, 6.07) is 0. The van der Waals surface area contributed by atoms with Crippen LogP contribution in [-0.4, -0.2) is 29.4 Å². The molecule has 2 aliphatic carbocycles. The first-order valence-electron chi connectivity index (χ1n) is 6.13. The van der Waals surface area contributed by atoms with E-state index in [2.05, 4.69) is 65.7 Å². The molecule has 0 fully saturated rings. The topological polar surface area (TPSA) is 0 Å². The molecule has 0 amide bonds. The maximum atomic E-state index is 2.37. The van der Waals surface area contributed by atoms with Crippen molar-refractivity contribution in [1.29, 1.82) is 0 Å². The van der Waals surface area contributed by atoms with Gasteiger partial charge in [0.05, 0.1) is 0 Å². The van der Waals surface area contributed by atoms with E-state index in [9.17, 15) is 0 Å². The van der Waals surface area contributed by atoms with Crippen LogP contribution in [0.4, 0.5) is 0 Å². The van der Waals surface area contributed by atoms with Gasteiger partial charge in [-0.15, -0.1) is 16.0 Å². The Morgan fingerprint density at radius 1 is 1.00 bits per heavy atom. The van der Waals surface area contributed by atoms with Gasteiger partial charge in [0.15, 0.2) is 0 Å². The molecule has 0 bridgehead atoms. The molecule has 0 unspecified atom stereocenters. The normalized spacial score (nSPS) is 14.4. The molecular formula is C14H23Al2+. The Morgan fingerprint density at radius 2 is 1.56 bits per heavy atom. The minimum absolute atomic E-state index is 0.424. The Morgan fingerprint density at radius 3 is 1.75 bits per heavy atom. The van der Waals surface area contributed by atoms with Crippen LogP contribution < -0.4 is 0 Å². The predicted octanol–water partition coefficient (Wildman–Crippen LogP) is 4.46. The number of allylic oxidation sites excluding steroid dienone is 8. The van der Waals surface area contributed by atoms with Crippen LogP contribution >= 0.6 is 0 Å². The van der Waals surface area contributed by atoms with Crippen molar-refractivity contribution < 1.29 is 0 Å². The zero-order valence-corrected chi connectivity index (χ0v) is 13.4. The second-order valence-corrected chi connectivity index (χ2v) is 8.40. The first kappa shape index (κ1) is 16.0. The van der Waals surface area contributed by atoms with E-state index >= 15 is 0 Å². The van der Waals surface area contributed by atoms with Gasteiger partial charge in [0.2, 0.25) is 0 Å². The molecule has 0 heterocycles. The first-order chi connectivity index (χ1) is 7.72. The van der Waals surface area contributed by atoms with Crippen LogP contribution in [0.1, 0.15) is 12.8 Å². The molecular weight excluding hydrogens is 222 g/mol. The summed E-state index contributed by atoms with van der Waals surface area (Å²) >= 11 is 0.326. The zero-order chi connectivity index (χ0) is 12.2. The van der Waals surface area contributed by atoms with Crippen LogP contribution in [0.5, 0.6) is 0 Å². The minimum Gasteiger partial charge on any atom is -0.128 e. The second kappa shape index (κ2) is 11.5. The molecule has 0 aliphatic heterocycles. The molecule has 0 atom stereocenters. The van der Waals surface area contributed by atoms with Gasteiger partial charge in [-0.05, 0) is 12.8 Å². The third-order valence-corrected chi connectivity index (χ3v) is 4.11. The zero-order valence-electron chi connectivity index (χ0n) is 11.1. The van der Waals surface area contributed by atoms with Crippen LogP contribution in [0.2, 0.25) is 23.1 Å². The minimum atomic E-state index is -0.424. The van der Waals surface area contributed by atoms with Crippen molar-refractivity contribution in [3.05, 3.63) is 47.0 Å². The Bertz CT molecular complexity index is 260. The molecule has 0 spiro atoms. The molecule has 0 aromatic carbocycles. The van der Waals surface area contributed by atoms with Crippen LogP contribution in [0, 0.1) is 0 Å². The molecule has 2 heteroatoms. The Labute approximate surface area is 112 Å². The van der Waals surface area contributed by atoms with Crippen molar-refractivity contribution in [2.45, 2.75) is 36.0 Å². The molecule has 16 heavy (non-hydrogen) atoms. The van der Waals surface area contributed by atoms with E-state index in [1.54, 1.807) is 4.44 Å². The van der Waals surface area contributed by atoms with Crippen molar-refractivity contribution in [2.24, 2.45) is 0 Å². The third kappa shape index (κ3) is 9.27. The summed E-state index contributed by atoms with van der Waals surface area (Å²) in [5.74, 6) is 9.16. The molecule has 2 rings (SSSR count). The molecule has 0 N–H and O–H groups in total. The van der Waals surface area contributed by atoms with Crippen molar-refractivity contribution in [1.82, 2.24) is 0 Å². The molecule has 0 radical (unpaired) electrons. The van der Waals surface area contributed by atoms with Gasteiger partial charge in [0, 0.05) is 0 Å². The molecule has 84 valence electrons. The van der Waals surface area contributed by atoms with E-state index in [1.807, 2.05) is 0 Å². The van der Waals surface area contributed by atoms with Gasteiger partial charge in [-0.25, -0.2) is 0 Å². The van der Waals surface area contributed by atoms with Crippen LogP contribution in [0.15, 0.2) is 47.0 Å². The fraction of sp³-hybridized carbons (Fsp3) is 0.429. The number of hydrogen-bond donors (Lipinski definition) is 0. The van der Waals surface area contributed by atoms with Gasteiger partial charge < -0.3 is 0 Å². The molecule has 0 saturated heterocycles. The SMILES string of the molecule is C1=CCC=C1.[CH3][Al+][CH3].[CH3][Al]([CH3])[C]1=CC=CC1. The number of rotatable bonds is 1. The van der Waals surface area contributed by atoms with E-state index in [0.29, 0.717) is 0 Å². The second-order valence-electron chi connectivity index (χ2n) is 4.20. The molecule has 0 nitrogen and oxygen atoms in total. The summed E-state index contributed by atoms with van der Waals surface area (Å²) in [5.41, 5.74) is 0. The van der Waals surface area contributed by atoms with Crippen LogP contribution in [-0.2, 0) is 0 Å². The number of hydrogen-bond acceptors (Lipinski definition) is 0.